The Kier molecular flexibility index (Phi) is 13.1. The standard InChI is InChI=1S/C26H35Cl2N5O2.CH4O3S/c1-17(2)13-23(31-24(34)16-29)21-5-4-8-30-25(21)32-9-11-33(12-10-32)26(35)18(3)14-19-6-7-20(27)15-22(19)28;1-5(2,3)4/h4-8,15,17-18,23H,9-14,16,29H2,1-3H3,(H,31,34);1H3,(H,2,3,4)/t18?,23-;/m1./s1. The van der Waals surface area contributed by atoms with E-state index in [0.29, 0.717) is 54.8 Å². The molecule has 222 valence electrons. The molecule has 1 aromatic heterocycles. The van der Waals surface area contributed by atoms with Gasteiger partial charge in [-0.05, 0) is 42.5 Å². The zero-order valence-corrected chi connectivity index (χ0v) is 25.6. The van der Waals surface area contributed by atoms with Crippen molar-refractivity contribution in [2.75, 3.05) is 43.9 Å². The molecule has 2 amide bonds. The van der Waals surface area contributed by atoms with Crippen molar-refractivity contribution >= 4 is 51.0 Å². The number of nitrogens with one attached hydrogen (secondary N) is 1. The second kappa shape index (κ2) is 15.5. The number of hydrogen-bond donors (Lipinski definition) is 3. The smallest absolute Gasteiger partial charge is 0.261 e. The van der Waals surface area contributed by atoms with Crippen LogP contribution in [0.2, 0.25) is 10.0 Å². The molecule has 0 bridgehead atoms. The molecule has 1 aliphatic rings. The lowest BCUT2D eigenvalue weighted by molar-refractivity contribution is -0.135. The highest BCUT2D eigenvalue weighted by atomic mass is 35.5. The van der Waals surface area contributed by atoms with Crippen LogP contribution in [-0.2, 0) is 26.1 Å². The molecule has 1 unspecified atom stereocenters. The van der Waals surface area contributed by atoms with Gasteiger partial charge in [-0.15, -0.1) is 0 Å². The zero-order chi connectivity index (χ0) is 30.0. The van der Waals surface area contributed by atoms with Crippen LogP contribution in [0.1, 0.15) is 44.4 Å². The van der Waals surface area contributed by atoms with Gasteiger partial charge in [0.2, 0.25) is 11.8 Å². The summed E-state index contributed by atoms with van der Waals surface area (Å²) in [6.07, 6.45) is 3.84. The first-order valence-electron chi connectivity index (χ1n) is 13.0. The molecule has 1 saturated heterocycles. The van der Waals surface area contributed by atoms with Gasteiger partial charge < -0.3 is 20.9 Å². The number of nitrogens with zero attached hydrogens (tertiary/aromatic N) is 3. The normalized spacial score (nSPS) is 15.2. The monoisotopic (exact) mass is 615 g/mol. The molecule has 0 aliphatic carbocycles. The summed E-state index contributed by atoms with van der Waals surface area (Å²) in [7, 11) is -3.67. The fraction of sp³-hybridized carbons (Fsp3) is 0.519. The summed E-state index contributed by atoms with van der Waals surface area (Å²) in [5.74, 6) is 0.979. The molecule has 3 rings (SSSR count). The van der Waals surface area contributed by atoms with E-state index in [0.717, 1.165) is 23.4 Å². The minimum Gasteiger partial charge on any atom is -0.353 e. The van der Waals surface area contributed by atoms with Crippen LogP contribution in [0, 0.1) is 11.8 Å². The maximum atomic E-state index is 13.1. The van der Waals surface area contributed by atoms with Crippen LogP contribution < -0.4 is 16.0 Å². The first-order valence-corrected chi connectivity index (χ1v) is 15.6. The first-order chi connectivity index (χ1) is 18.7. The lowest BCUT2D eigenvalue weighted by Gasteiger charge is -2.38. The zero-order valence-electron chi connectivity index (χ0n) is 23.3. The molecule has 0 saturated carbocycles. The van der Waals surface area contributed by atoms with Crippen molar-refractivity contribution in [2.24, 2.45) is 17.6 Å². The van der Waals surface area contributed by atoms with Crippen LogP contribution in [0.5, 0.6) is 0 Å². The number of rotatable bonds is 9. The maximum Gasteiger partial charge on any atom is 0.261 e. The Hall–Kier alpha value is -2.44. The second-order valence-electron chi connectivity index (χ2n) is 10.3. The number of pyridine rings is 1. The van der Waals surface area contributed by atoms with Crippen molar-refractivity contribution < 1.29 is 22.6 Å². The van der Waals surface area contributed by atoms with Gasteiger partial charge in [-0.25, -0.2) is 4.98 Å². The number of benzene rings is 1. The predicted octanol–water partition coefficient (Wildman–Crippen LogP) is 3.58. The fourth-order valence-corrected chi connectivity index (χ4v) is 4.97. The van der Waals surface area contributed by atoms with Crippen LogP contribution >= 0.6 is 23.2 Å². The Balaban J connectivity index is 0.00000103. The summed E-state index contributed by atoms with van der Waals surface area (Å²) in [4.78, 5) is 34.0. The fourth-order valence-electron chi connectivity index (χ4n) is 4.49. The van der Waals surface area contributed by atoms with E-state index in [-0.39, 0.29) is 30.3 Å². The number of anilines is 1. The molecule has 10 nitrogen and oxygen atoms in total. The average Bonchev–Trinajstić information content (AvgIpc) is 2.88. The van der Waals surface area contributed by atoms with Crippen molar-refractivity contribution in [2.45, 2.75) is 39.7 Å². The number of piperazine rings is 1. The Morgan fingerprint density at radius 1 is 1.12 bits per heavy atom. The van der Waals surface area contributed by atoms with Gasteiger partial charge in [0, 0.05) is 53.9 Å². The molecule has 1 aliphatic heterocycles. The summed E-state index contributed by atoms with van der Waals surface area (Å²) >= 11 is 12.3. The van der Waals surface area contributed by atoms with Crippen LogP contribution in [0.3, 0.4) is 0 Å². The number of carbonyl (C=O) groups is 2. The van der Waals surface area contributed by atoms with Crippen LogP contribution in [0.25, 0.3) is 0 Å². The lowest BCUT2D eigenvalue weighted by Crippen LogP contribution is -2.51. The van der Waals surface area contributed by atoms with Gasteiger partial charge in [0.15, 0.2) is 0 Å². The van der Waals surface area contributed by atoms with E-state index in [9.17, 15) is 18.0 Å². The van der Waals surface area contributed by atoms with Crippen molar-refractivity contribution in [3.63, 3.8) is 0 Å². The molecule has 40 heavy (non-hydrogen) atoms. The SMILES string of the molecule is CC(C)C[C@@H](NC(=O)CN)c1cccnc1N1CCN(C(=O)C(C)Cc2ccc(Cl)cc2Cl)CC1.CS(=O)(=O)O. The molecule has 1 fully saturated rings. The maximum absolute atomic E-state index is 13.1. The Morgan fingerprint density at radius 3 is 2.30 bits per heavy atom. The van der Waals surface area contributed by atoms with Crippen LogP contribution in [0.4, 0.5) is 5.82 Å². The van der Waals surface area contributed by atoms with Gasteiger partial charge in [-0.2, -0.15) is 8.42 Å². The van der Waals surface area contributed by atoms with Gasteiger partial charge in [0.25, 0.3) is 10.1 Å². The molecule has 13 heteroatoms. The third-order valence-electron chi connectivity index (χ3n) is 6.27. The summed E-state index contributed by atoms with van der Waals surface area (Å²) in [5, 5.41) is 4.22. The average molecular weight is 617 g/mol. The number of hydrogen-bond acceptors (Lipinski definition) is 7. The Morgan fingerprint density at radius 2 is 1.75 bits per heavy atom. The summed E-state index contributed by atoms with van der Waals surface area (Å²) in [5.41, 5.74) is 7.45. The van der Waals surface area contributed by atoms with E-state index in [1.165, 1.54) is 0 Å². The van der Waals surface area contributed by atoms with Gasteiger partial charge in [0.1, 0.15) is 5.82 Å². The molecule has 4 N–H and O–H groups in total. The predicted molar refractivity (Wildman–Crippen MR) is 159 cm³/mol. The highest BCUT2D eigenvalue weighted by Crippen LogP contribution is 2.30. The summed E-state index contributed by atoms with van der Waals surface area (Å²) in [6, 6.07) is 9.13. The highest BCUT2D eigenvalue weighted by Gasteiger charge is 2.28. The summed E-state index contributed by atoms with van der Waals surface area (Å²) < 4.78 is 25.9. The van der Waals surface area contributed by atoms with E-state index in [2.05, 4.69) is 29.0 Å². The van der Waals surface area contributed by atoms with Crippen LogP contribution in [0.15, 0.2) is 36.5 Å². The quantitative estimate of drug-likeness (QED) is 0.363. The van der Waals surface area contributed by atoms with Gasteiger partial charge in [-0.3, -0.25) is 14.1 Å². The van der Waals surface area contributed by atoms with Gasteiger partial charge >= 0.3 is 0 Å². The van der Waals surface area contributed by atoms with Crippen molar-refractivity contribution in [1.29, 1.82) is 0 Å². The van der Waals surface area contributed by atoms with Crippen molar-refractivity contribution in [3.05, 3.63) is 57.7 Å². The van der Waals surface area contributed by atoms with Gasteiger partial charge in [-0.1, -0.05) is 56.1 Å². The molecule has 2 atom stereocenters. The van der Waals surface area contributed by atoms with Crippen LogP contribution in [-0.4, -0.2) is 73.6 Å². The number of aromatic nitrogens is 1. The molecular formula is C27H39Cl2N5O5S. The third-order valence-corrected chi connectivity index (χ3v) is 6.86. The van der Waals surface area contributed by atoms with E-state index in [1.807, 2.05) is 30.0 Å². The van der Waals surface area contributed by atoms with Crippen molar-refractivity contribution in [1.82, 2.24) is 15.2 Å². The Labute approximate surface area is 247 Å². The molecule has 2 aromatic rings. The van der Waals surface area contributed by atoms with E-state index < -0.39 is 10.1 Å². The minimum absolute atomic E-state index is 0.0512. The summed E-state index contributed by atoms with van der Waals surface area (Å²) in [6.45, 7) is 8.69. The molecule has 2 heterocycles. The number of amides is 2. The highest BCUT2D eigenvalue weighted by molar-refractivity contribution is 7.85. The molecule has 0 radical (unpaired) electrons. The molecular weight excluding hydrogens is 577 g/mol. The second-order valence-corrected chi connectivity index (χ2v) is 12.6. The van der Waals surface area contributed by atoms with E-state index in [4.69, 9.17) is 33.5 Å². The van der Waals surface area contributed by atoms with Crippen molar-refractivity contribution in [3.8, 4) is 0 Å². The van der Waals surface area contributed by atoms with E-state index in [1.54, 1.807) is 18.3 Å². The third kappa shape index (κ3) is 11.2. The minimum atomic E-state index is -3.67. The topological polar surface area (TPSA) is 146 Å². The van der Waals surface area contributed by atoms with E-state index >= 15 is 0 Å². The Bertz CT molecular complexity index is 1250. The molecule has 0 spiro atoms. The lowest BCUT2D eigenvalue weighted by atomic mass is 9.96. The number of nitrogens with two attached hydrogens (primary N) is 1. The number of carbonyl (C=O) groups excluding carboxylic acids is 2. The number of halogens is 2. The molecule has 1 aromatic carbocycles. The first kappa shape index (κ1) is 33.8. The largest absolute Gasteiger partial charge is 0.353 e. The van der Waals surface area contributed by atoms with Gasteiger partial charge in [0.05, 0.1) is 18.8 Å².